The van der Waals surface area contributed by atoms with Gasteiger partial charge in [0, 0.05) is 39.0 Å². The highest BCUT2D eigenvalue weighted by atomic mass is 16.2. The number of hydrogen-bond acceptors (Lipinski definition) is 4. The van der Waals surface area contributed by atoms with Crippen LogP contribution in [0.25, 0.3) is 0 Å². The molecule has 0 aliphatic rings. The summed E-state index contributed by atoms with van der Waals surface area (Å²) < 4.78 is 0. The summed E-state index contributed by atoms with van der Waals surface area (Å²) in [6.07, 6.45) is 38.7. The monoisotopic (exact) mass is 721 g/mol. The summed E-state index contributed by atoms with van der Waals surface area (Å²) in [5.74, 6) is 0.628. The van der Waals surface area contributed by atoms with Crippen molar-refractivity contribution in [3.05, 3.63) is 0 Å². The van der Waals surface area contributed by atoms with Crippen LogP contribution in [0.3, 0.4) is 0 Å². The standard InChI is InChI=1S/C45H92N4O2/c1-7-9-11-13-15-17-19-21-23-25-27-29-31-36-44(50)48(40-33-38-46(3)4)42-35-43-49(41-34-39-47(5)6)45(51)37-32-30-28-26-24-22-20-18-16-14-12-10-8-2/h7-43H2,1-6H3. The molecule has 0 bridgehead atoms. The zero-order valence-electron chi connectivity index (χ0n) is 35.8. The van der Waals surface area contributed by atoms with Crippen LogP contribution in [0, 0.1) is 0 Å². The number of unbranched alkanes of at least 4 members (excludes halogenated alkanes) is 24. The van der Waals surface area contributed by atoms with E-state index in [2.05, 4.69) is 61.6 Å². The molecule has 0 aliphatic heterocycles. The fraction of sp³-hybridized carbons (Fsp3) is 0.956. The van der Waals surface area contributed by atoms with E-state index in [0.717, 1.165) is 71.4 Å². The van der Waals surface area contributed by atoms with Gasteiger partial charge in [0.25, 0.3) is 0 Å². The SMILES string of the molecule is CCCCCCCCCCCCCCCC(=O)N(CCCN(C)C)CCCN(CCCN(C)C)C(=O)CCCCCCCCCCCCCCC. The summed E-state index contributed by atoms with van der Waals surface area (Å²) in [5.41, 5.74) is 0. The number of nitrogens with zero attached hydrogens (tertiary/aromatic N) is 4. The molecule has 2 amide bonds. The van der Waals surface area contributed by atoms with Crippen molar-refractivity contribution < 1.29 is 9.59 Å². The van der Waals surface area contributed by atoms with Crippen LogP contribution in [-0.4, -0.2) is 98.9 Å². The van der Waals surface area contributed by atoms with E-state index in [1.165, 1.54) is 154 Å². The van der Waals surface area contributed by atoms with Crippen molar-refractivity contribution >= 4 is 11.8 Å². The molecule has 0 heterocycles. The molecular weight excluding hydrogens is 629 g/mol. The number of carbonyl (C=O) groups excluding carboxylic acids is 2. The maximum atomic E-state index is 13.4. The van der Waals surface area contributed by atoms with Gasteiger partial charge >= 0.3 is 0 Å². The number of hydrogen-bond donors (Lipinski definition) is 0. The molecule has 0 aromatic heterocycles. The lowest BCUT2D eigenvalue weighted by Crippen LogP contribution is -2.38. The molecule has 0 spiro atoms. The van der Waals surface area contributed by atoms with Crippen LogP contribution in [0.5, 0.6) is 0 Å². The molecule has 6 heteroatoms. The van der Waals surface area contributed by atoms with Gasteiger partial charge in [-0.15, -0.1) is 0 Å². The average Bonchev–Trinajstić information content (AvgIpc) is 3.10. The largest absolute Gasteiger partial charge is 0.343 e. The lowest BCUT2D eigenvalue weighted by atomic mass is 10.0. The van der Waals surface area contributed by atoms with Crippen molar-refractivity contribution in [2.24, 2.45) is 0 Å². The first-order valence-corrected chi connectivity index (χ1v) is 22.7. The Hall–Kier alpha value is -1.14. The first-order chi connectivity index (χ1) is 24.8. The van der Waals surface area contributed by atoms with E-state index in [9.17, 15) is 9.59 Å². The molecule has 0 radical (unpaired) electrons. The van der Waals surface area contributed by atoms with E-state index < -0.39 is 0 Å². The Balaban J connectivity index is 4.48. The summed E-state index contributed by atoms with van der Waals surface area (Å²) in [6.45, 7) is 9.74. The minimum Gasteiger partial charge on any atom is -0.343 e. The third-order valence-electron chi connectivity index (χ3n) is 10.6. The van der Waals surface area contributed by atoms with E-state index in [1.807, 2.05) is 0 Å². The molecule has 304 valence electrons. The van der Waals surface area contributed by atoms with Gasteiger partial charge in [-0.1, -0.05) is 168 Å². The maximum absolute atomic E-state index is 13.4. The second kappa shape index (κ2) is 38.6. The number of amides is 2. The van der Waals surface area contributed by atoms with Crippen LogP contribution in [0.4, 0.5) is 0 Å². The van der Waals surface area contributed by atoms with Crippen LogP contribution in [0.15, 0.2) is 0 Å². The molecule has 0 aromatic rings. The summed E-state index contributed by atoms with van der Waals surface area (Å²) in [5, 5.41) is 0. The highest BCUT2D eigenvalue weighted by Crippen LogP contribution is 2.16. The van der Waals surface area contributed by atoms with Gasteiger partial charge in [0.2, 0.25) is 11.8 Å². The fourth-order valence-corrected chi connectivity index (χ4v) is 7.23. The average molecular weight is 721 g/mol. The lowest BCUT2D eigenvalue weighted by Gasteiger charge is -2.27. The van der Waals surface area contributed by atoms with Crippen molar-refractivity contribution in [2.45, 2.75) is 213 Å². The van der Waals surface area contributed by atoms with Gasteiger partial charge in [0.05, 0.1) is 0 Å². The molecule has 0 unspecified atom stereocenters. The Labute approximate surface area is 320 Å². The van der Waals surface area contributed by atoms with Gasteiger partial charge < -0.3 is 19.6 Å². The lowest BCUT2D eigenvalue weighted by molar-refractivity contribution is -0.132. The second-order valence-electron chi connectivity index (χ2n) is 16.4. The Morgan fingerprint density at radius 3 is 0.745 bits per heavy atom. The predicted octanol–water partition coefficient (Wildman–Crippen LogP) is 11.9. The zero-order chi connectivity index (χ0) is 37.6. The van der Waals surface area contributed by atoms with E-state index >= 15 is 0 Å². The smallest absolute Gasteiger partial charge is 0.222 e. The van der Waals surface area contributed by atoms with Gasteiger partial charge in [-0.3, -0.25) is 9.59 Å². The van der Waals surface area contributed by atoms with Crippen molar-refractivity contribution in [3.63, 3.8) is 0 Å². The first kappa shape index (κ1) is 49.9. The highest BCUT2D eigenvalue weighted by molar-refractivity contribution is 5.76. The van der Waals surface area contributed by atoms with E-state index in [4.69, 9.17) is 0 Å². The zero-order valence-corrected chi connectivity index (χ0v) is 35.8. The predicted molar refractivity (Wildman–Crippen MR) is 225 cm³/mol. The molecule has 0 N–H and O–H groups in total. The molecule has 0 atom stereocenters. The quantitative estimate of drug-likeness (QED) is 0.0591. The highest BCUT2D eigenvalue weighted by Gasteiger charge is 2.17. The van der Waals surface area contributed by atoms with E-state index in [-0.39, 0.29) is 0 Å². The third kappa shape index (κ3) is 35.6. The summed E-state index contributed by atoms with van der Waals surface area (Å²) in [7, 11) is 8.42. The van der Waals surface area contributed by atoms with Crippen LogP contribution in [0.2, 0.25) is 0 Å². The van der Waals surface area contributed by atoms with E-state index in [1.54, 1.807) is 0 Å². The van der Waals surface area contributed by atoms with E-state index in [0.29, 0.717) is 24.7 Å². The molecule has 0 aromatic carbocycles. The topological polar surface area (TPSA) is 47.1 Å². The van der Waals surface area contributed by atoms with Crippen LogP contribution in [-0.2, 0) is 9.59 Å². The minimum atomic E-state index is 0.314. The van der Waals surface area contributed by atoms with Crippen molar-refractivity contribution in [2.75, 3.05) is 67.5 Å². The molecule has 0 aliphatic carbocycles. The van der Waals surface area contributed by atoms with Gasteiger partial charge in [-0.25, -0.2) is 0 Å². The van der Waals surface area contributed by atoms with Crippen molar-refractivity contribution in [3.8, 4) is 0 Å². The Morgan fingerprint density at radius 1 is 0.294 bits per heavy atom. The maximum Gasteiger partial charge on any atom is 0.222 e. The molecule has 0 saturated heterocycles. The summed E-state index contributed by atoms with van der Waals surface area (Å²) in [4.78, 5) is 35.3. The van der Waals surface area contributed by atoms with Crippen LogP contribution in [0.1, 0.15) is 213 Å². The number of rotatable bonds is 40. The van der Waals surface area contributed by atoms with Crippen LogP contribution < -0.4 is 0 Å². The molecule has 0 saturated carbocycles. The van der Waals surface area contributed by atoms with Gasteiger partial charge in [0.15, 0.2) is 0 Å². The summed E-state index contributed by atoms with van der Waals surface area (Å²) >= 11 is 0. The van der Waals surface area contributed by atoms with Gasteiger partial charge in [-0.05, 0) is 73.4 Å². The molecular formula is C45H92N4O2. The Kier molecular flexibility index (Phi) is 37.7. The minimum absolute atomic E-state index is 0.314. The normalized spacial score (nSPS) is 11.6. The fourth-order valence-electron chi connectivity index (χ4n) is 7.23. The number of carbonyl (C=O) groups is 2. The van der Waals surface area contributed by atoms with Crippen molar-refractivity contribution in [1.82, 2.24) is 19.6 Å². The Bertz CT molecular complexity index is 684. The van der Waals surface area contributed by atoms with Crippen LogP contribution >= 0.6 is 0 Å². The van der Waals surface area contributed by atoms with Gasteiger partial charge in [0.1, 0.15) is 0 Å². The summed E-state index contributed by atoms with van der Waals surface area (Å²) in [6, 6.07) is 0. The Morgan fingerprint density at radius 2 is 0.510 bits per heavy atom. The van der Waals surface area contributed by atoms with Gasteiger partial charge in [-0.2, -0.15) is 0 Å². The molecule has 0 fully saturated rings. The second-order valence-corrected chi connectivity index (χ2v) is 16.4. The van der Waals surface area contributed by atoms with Crippen molar-refractivity contribution in [1.29, 1.82) is 0 Å². The molecule has 6 nitrogen and oxygen atoms in total. The first-order valence-electron chi connectivity index (χ1n) is 22.7. The molecule has 51 heavy (non-hydrogen) atoms. The third-order valence-corrected chi connectivity index (χ3v) is 10.6. The molecule has 0 rings (SSSR count).